The molecule has 0 bridgehead atoms. The van der Waals surface area contributed by atoms with Gasteiger partial charge in [0.15, 0.2) is 0 Å². The lowest BCUT2D eigenvalue weighted by molar-refractivity contribution is -0.132. The van der Waals surface area contributed by atoms with E-state index >= 15 is 0 Å². The normalized spacial score (nSPS) is 18.3. The van der Waals surface area contributed by atoms with E-state index in [0.717, 1.165) is 25.9 Å². The number of likely N-dealkylation sites (N-methyl/N-ethyl adjacent to an activating group) is 1. The summed E-state index contributed by atoms with van der Waals surface area (Å²) in [7, 11) is 2.09. The number of hydrogen-bond acceptors (Lipinski definition) is 3. The highest BCUT2D eigenvalue weighted by atomic mass is 16.2. The average Bonchev–Trinajstić information content (AvgIpc) is 2.53. The summed E-state index contributed by atoms with van der Waals surface area (Å²) in [5, 5.41) is 2.36. The Morgan fingerprint density at radius 3 is 2.77 bits per heavy atom. The van der Waals surface area contributed by atoms with E-state index in [9.17, 15) is 9.59 Å². The molecule has 1 saturated heterocycles. The van der Waals surface area contributed by atoms with Gasteiger partial charge >= 0.3 is 6.03 Å². The molecule has 120 valence electrons. The number of hydrogen-bond donors (Lipinski definition) is 2. The fraction of sp³-hybridized carbons (Fsp3) is 0.500. The summed E-state index contributed by atoms with van der Waals surface area (Å²) in [6.07, 6.45) is 2.06. The van der Waals surface area contributed by atoms with Crippen LogP contribution in [0.4, 0.5) is 4.79 Å². The van der Waals surface area contributed by atoms with Crippen LogP contribution in [-0.2, 0) is 11.3 Å². The number of carbonyl (C=O) groups excluding carboxylic acids is 2. The lowest BCUT2D eigenvalue weighted by atomic mass is 10.0. The van der Waals surface area contributed by atoms with Crippen molar-refractivity contribution in [3.63, 3.8) is 0 Å². The Morgan fingerprint density at radius 2 is 2.09 bits per heavy atom. The van der Waals surface area contributed by atoms with Gasteiger partial charge in [0.05, 0.1) is 6.54 Å². The minimum Gasteiger partial charge on any atom is -0.352 e. The number of piperidine rings is 1. The van der Waals surface area contributed by atoms with Crippen molar-refractivity contribution in [2.24, 2.45) is 5.73 Å². The van der Waals surface area contributed by atoms with Crippen LogP contribution in [0.3, 0.4) is 0 Å². The summed E-state index contributed by atoms with van der Waals surface area (Å²) in [6, 6.07) is 9.98. The van der Waals surface area contributed by atoms with Gasteiger partial charge in [0, 0.05) is 25.7 Å². The van der Waals surface area contributed by atoms with E-state index in [1.54, 1.807) is 0 Å². The molecule has 1 heterocycles. The number of nitrogens with one attached hydrogen (secondary N) is 1. The second-order valence-corrected chi connectivity index (χ2v) is 5.75. The molecule has 1 aliphatic heterocycles. The van der Waals surface area contributed by atoms with Gasteiger partial charge in [-0.1, -0.05) is 30.3 Å². The number of rotatable bonds is 5. The highest BCUT2D eigenvalue weighted by molar-refractivity contribution is 5.83. The van der Waals surface area contributed by atoms with Gasteiger partial charge in [-0.3, -0.25) is 9.69 Å². The average molecular weight is 304 g/mol. The van der Waals surface area contributed by atoms with Gasteiger partial charge in [-0.05, 0) is 25.5 Å². The lowest BCUT2D eigenvalue weighted by Gasteiger charge is -2.37. The Labute approximate surface area is 131 Å². The number of amides is 3. The molecule has 6 nitrogen and oxygen atoms in total. The van der Waals surface area contributed by atoms with Gasteiger partial charge in [-0.2, -0.15) is 0 Å². The molecule has 1 aliphatic rings. The van der Waals surface area contributed by atoms with E-state index < -0.39 is 6.03 Å². The molecule has 0 saturated carbocycles. The second kappa shape index (κ2) is 7.79. The molecule has 0 radical (unpaired) electrons. The van der Waals surface area contributed by atoms with E-state index in [0.29, 0.717) is 12.6 Å². The zero-order chi connectivity index (χ0) is 15.9. The first kappa shape index (κ1) is 16.3. The Hall–Kier alpha value is -2.08. The summed E-state index contributed by atoms with van der Waals surface area (Å²) in [6.45, 7) is 2.29. The predicted octanol–water partition coefficient (Wildman–Crippen LogP) is 0.778. The van der Waals surface area contributed by atoms with Crippen LogP contribution in [0.15, 0.2) is 30.3 Å². The van der Waals surface area contributed by atoms with Crippen LogP contribution >= 0.6 is 0 Å². The molecule has 6 heteroatoms. The highest BCUT2D eigenvalue weighted by Gasteiger charge is 2.26. The van der Waals surface area contributed by atoms with Crippen LogP contribution in [-0.4, -0.2) is 54.5 Å². The number of nitrogens with zero attached hydrogens (tertiary/aromatic N) is 2. The van der Waals surface area contributed by atoms with Crippen LogP contribution in [0.2, 0.25) is 0 Å². The van der Waals surface area contributed by atoms with Crippen molar-refractivity contribution in [3.8, 4) is 0 Å². The minimum atomic E-state index is -0.664. The third-order valence-corrected chi connectivity index (χ3v) is 4.06. The van der Waals surface area contributed by atoms with Crippen LogP contribution in [0, 0.1) is 0 Å². The first-order chi connectivity index (χ1) is 10.6. The van der Waals surface area contributed by atoms with E-state index in [-0.39, 0.29) is 12.5 Å². The maximum Gasteiger partial charge on any atom is 0.312 e. The molecule has 22 heavy (non-hydrogen) atoms. The van der Waals surface area contributed by atoms with Gasteiger partial charge < -0.3 is 16.0 Å². The molecular formula is C16H24N4O2. The Bertz CT molecular complexity index is 506. The van der Waals surface area contributed by atoms with Gasteiger partial charge in [-0.25, -0.2) is 4.79 Å². The van der Waals surface area contributed by atoms with Gasteiger partial charge in [0.25, 0.3) is 0 Å². The van der Waals surface area contributed by atoms with Crippen LogP contribution in [0.25, 0.3) is 0 Å². The van der Waals surface area contributed by atoms with E-state index in [1.807, 2.05) is 23.1 Å². The molecular weight excluding hydrogens is 280 g/mol. The Morgan fingerprint density at radius 1 is 1.36 bits per heavy atom. The van der Waals surface area contributed by atoms with Crippen molar-refractivity contribution in [1.29, 1.82) is 0 Å². The maximum absolute atomic E-state index is 12.1. The van der Waals surface area contributed by atoms with Crippen LogP contribution in [0.5, 0.6) is 0 Å². The number of primary amides is 1. The summed E-state index contributed by atoms with van der Waals surface area (Å²) in [5.41, 5.74) is 6.27. The Kier molecular flexibility index (Phi) is 5.77. The highest BCUT2D eigenvalue weighted by Crippen LogP contribution is 2.17. The van der Waals surface area contributed by atoms with Gasteiger partial charge in [0.2, 0.25) is 5.91 Å². The first-order valence-corrected chi connectivity index (χ1v) is 7.61. The van der Waals surface area contributed by atoms with Crippen molar-refractivity contribution in [1.82, 2.24) is 15.1 Å². The molecule has 3 amide bonds. The quantitative estimate of drug-likeness (QED) is 0.843. The summed E-state index contributed by atoms with van der Waals surface area (Å²) < 4.78 is 0. The van der Waals surface area contributed by atoms with E-state index in [2.05, 4.69) is 29.4 Å². The largest absolute Gasteiger partial charge is 0.352 e. The molecule has 1 aromatic carbocycles. The zero-order valence-corrected chi connectivity index (χ0v) is 13.0. The molecule has 0 unspecified atom stereocenters. The summed E-state index contributed by atoms with van der Waals surface area (Å²) in [4.78, 5) is 26.9. The zero-order valence-electron chi connectivity index (χ0n) is 13.0. The number of nitrogens with two attached hydrogens (primary N) is 1. The topological polar surface area (TPSA) is 78.7 Å². The SMILES string of the molecule is CN(Cc1ccccc1)[C@H]1CCCN(C(=O)CNC(N)=O)C1. The maximum atomic E-state index is 12.1. The van der Waals surface area contributed by atoms with Crippen molar-refractivity contribution in [2.45, 2.75) is 25.4 Å². The van der Waals surface area contributed by atoms with Gasteiger partial charge in [-0.15, -0.1) is 0 Å². The monoisotopic (exact) mass is 304 g/mol. The third kappa shape index (κ3) is 4.73. The molecule has 0 aromatic heterocycles. The van der Waals surface area contributed by atoms with Crippen molar-refractivity contribution in [2.75, 3.05) is 26.7 Å². The Balaban J connectivity index is 1.86. The summed E-state index contributed by atoms with van der Waals surface area (Å²) in [5.74, 6) is -0.0726. The lowest BCUT2D eigenvalue weighted by Crippen LogP contribution is -2.51. The first-order valence-electron chi connectivity index (χ1n) is 7.61. The van der Waals surface area contributed by atoms with Gasteiger partial charge in [0.1, 0.15) is 0 Å². The predicted molar refractivity (Wildman–Crippen MR) is 85.1 cm³/mol. The fourth-order valence-electron chi connectivity index (χ4n) is 2.82. The number of likely N-dealkylation sites (tertiary alicyclic amines) is 1. The standard InChI is InChI=1S/C16H24N4O2/c1-19(11-13-6-3-2-4-7-13)14-8-5-9-20(12-14)15(21)10-18-16(17)22/h2-4,6-7,14H,5,8-12H2,1H3,(H3,17,18,22)/t14-/m0/s1. The third-order valence-electron chi connectivity index (χ3n) is 4.06. The van der Waals surface area contributed by atoms with E-state index in [4.69, 9.17) is 5.73 Å². The molecule has 3 N–H and O–H groups in total. The molecule has 1 atom stereocenters. The van der Waals surface area contributed by atoms with Crippen LogP contribution in [0.1, 0.15) is 18.4 Å². The second-order valence-electron chi connectivity index (χ2n) is 5.75. The molecule has 0 aliphatic carbocycles. The van der Waals surface area contributed by atoms with Crippen molar-refractivity contribution < 1.29 is 9.59 Å². The number of carbonyl (C=O) groups is 2. The molecule has 1 aromatic rings. The fourth-order valence-corrected chi connectivity index (χ4v) is 2.82. The number of benzene rings is 1. The van der Waals surface area contributed by atoms with Crippen LogP contribution < -0.4 is 11.1 Å². The molecule has 1 fully saturated rings. The smallest absolute Gasteiger partial charge is 0.312 e. The molecule has 2 rings (SSSR count). The van der Waals surface area contributed by atoms with E-state index in [1.165, 1.54) is 5.56 Å². The summed E-state index contributed by atoms with van der Waals surface area (Å²) >= 11 is 0. The minimum absolute atomic E-state index is 0.0234. The van der Waals surface area contributed by atoms with Crippen molar-refractivity contribution >= 4 is 11.9 Å². The number of urea groups is 1. The molecule has 0 spiro atoms. The van der Waals surface area contributed by atoms with Crippen molar-refractivity contribution in [3.05, 3.63) is 35.9 Å².